The minimum atomic E-state index is -0.820. The highest BCUT2D eigenvalue weighted by atomic mass is 16.3. The topological polar surface area (TPSA) is 87.5 Å². The zero-order chi connectivity index (χ0) is 19.7. The fourth-order valence-corrected chi connectivity index (χ4v) is 4.97. The van der Waals surface area contributed by atoms with E-state index in [1.807, 2.05) is 6.07 Å². The van der Waals surface area contributed by atoms with Gasteiger partial charge in [0.25, 0.3) is 5.56 Å². The van der Waals surface area contributed by atoms with Gasteiger partial charge < -0.3 is 15.3 Å². The Bertz CT molecular complexity index is 784. The van der Waals surface area contributed by atoms with Gasteiger partial charge in [0.15, 0.2) is 0 Å². The molecular formula is C21H32N4O3. The summed E-state index contributed by atoms with van der Waals surface area (Å²) in [5, 5.41) is 18.9. The molecule has 7 nitrogen and oxygen atoms in total. The third-order valence-corrected chi connectivity index (χ3v) is 6.77. The number of fused-ring (bicyclic) bond motifs is 1. The molecule has 3 aliphatic rings. The Morgan fingerprint density at radius 1 is 1.29 bits per heavy atom. The fourth-order valence-electron chi connectivity index (χ4n) is 4.97. The van der Waals surface area contributed by atoms with E-state index in [9.17, 15) is 14.7 Å². The first-order valence-corrected chi connectivity index (χ1v) is 10.8. The summed E-state index contributed by atoms with van der Waals surface area (Å²) < 4.78 is 1.73. The van der Waals surface area contributed by atoms with Crippen molar-refractivity contribution in [2.45, 2.75) is 82.4 Å². The van der Waals surface area contributed by atoms with Gasteiger partial charge in [-0.2, -0.15) is 5.10 Å². The molecule has 154 valence electrons. The fraction of sp³-hybridized carbons (Fsp3) is 0.762. The standard InChI is InChI=1S/C21H32N4O3/c1-15(26)24-11-10-21(28,14-24)13-22-17-6-8-18(9-7-17)25-20(27)12-16-4-2-3-5-19(16)23-25/h12,17-18,22,28H,2-11,13-14H2,1H3. The van der Waals surface area contributed by atoms with Crippen molar-refractivity contribution in [2.75, 3.05) is 19.6 Å². The molecule has 0 aromatic carbocycles. The molecule has 1 saturated heterocycles. The van der Waals surface area contributed by atoms with E-state index in [-0.39, 0.29) is 17.5 Å². The van der Waals surface area contributed by atoms with Gasteiger partial charge in [-0.1, -0.05) is 0 Å². The summed E-state index contributed by atoms with van der Waals surface area (Å²) in [6, 6.07) is 2.34. The number of hydrogen-bond donors (Lipinski definition) is 2. The average molecular weight is 389 g/mol. The summed E-state index contributed by atoms with van der Waals surface area (Å²) in [5.41, 5.74) is 1.48. The van der Waals surface area contributed by atoms with Gasteiger partial charge in [-0.05, 0) is 63.4 Å². The first-order valence-electron chi connectivity index (χ1n) is 10.8. The van der Waals surface area contributed by atoms with Crippen LogP contribution in [0.4, 0.5) is 0 Å². The maximum atomic E-state index is 12.5. The number of rotatable bonds is 4. The number of carbonyl (C=O) groups is 1. The van der Waals surface area contributed by atoms with E-state index in [4.69, 9.17) is 5.10 Å². The number of nitrogens with zero attached hydrogens (tertiary/aromatic N) is 3. The number of nitrogens with one attached hydrogen (secondary N) is 1. The maximum absolute atomic E-state index is 12.5. The van der Waals surface area contributed by atoms with E-state index in [0.717, 1.165) is 56.2 Å². The van der Waals surface area contributed by atoms with Gasteiger partial charge in [0, 0.05) is 32.1 Å². The van der Waals surface area contributed by atoms with Crippen molar-refractivity contribution in [3.63, 3.8) is 0 Å². The largest absolute Gasteiger partial charge is 0.387 e. The summed E-state index contributed by atoms with van der Waals surface area (Å²) in [6.45, 7) is 3.12. The quantitative estimate of drug-likeness (QED) is 0.809. The zero-order valence-corrected chi connectivity index (χ0v) is 16.8. The van der Waals surface area contributed by atoms with Crippen LogP contribution in [-0.4, -0.2) is 57.0 Å². The van der Waals surface area contributed by atoms with E-state index in [1.54, 1.807) is 16.5 Å². The molecule has 1 aromatic rings. The molecule has 7 heteroatoms. The van der Waals surface area contributed by atoms with Crippen LogP contribution in [0.15, 0.2) is 10.9 Å². The minimum Gasteiger partial charge on any atom is -0.387 e. The van der Waals surface area contributed by atoms with Crippen LogP contribution in [0.1, 0.15) is 69.2 Å². The van der Waals surface area contributed by atoms with E-state index in [1.165, 1.54) is 6.42 Å². The second-order valence-electron chi connectivity index (χ2n) is 8.91. The molecule has 28 heavy (non-hydrogen) atoms. The second kappa shape index (κ2) is 7.95. The summed E-state index contributed by atoms with van der Waals surface area (Å²) in [4.78, 5) is 25.7. The molecule has 1 saturated carbocycles. The highest BCUT2D eigenvalue weighted by Gasteiger charge is 2.37. The molecule has 4 rings (SSSR count). The van der Waals surface area contributed by atoms with Crippen molar-refractivity contribution in [3.05, 3.63) is 27.7 Å². The molecule has 1 amide bonds. The van der Waals surface area contributed by atoms with Crippen LogP contribution in [0.3, 0.4) is 0 Å². The number of amides is 1. The molecule has 1 atom stereocenters. The number of likely N-dealkylation sites (tertiary alicyclic amines) is 1. The third kappa shape index (κ3) is 4.15. The lowest BCUT2D eigenvalue weighted by molar-refractivity contribution is -0.128. The summed E-state index contributed by atoms with van der Waals surface area (Å²) in [7, 11) is 0. The Kier molecular flexibility index (Phi) is 5.56. The lowest BCUT2D eigenvalue weighted by Crippen LogP contribution is -2.47. The molecule has 0 bridgehead atoms. The molecule has 0 spiro atoms. The lowest BCUT2D eigenvalue weighted by Gasteiger charge is -2.32. The Morgan fingerprint density at radius 2 is 2.04 bits per heavy atom. The SMILES string of the molecule is CC(=O)N1CCC(O)(CNC2CCC(n3nc4c(cc3=O)CCCC4)CC2)C1. The van der Waals surface area contributed by atoms with Crippen LogP contribution < -0.4 is 10.9 Å². The molecule has 1 aliphatic heterocycles. The second-order valence-corrected chi connectivity index (χ2v) is 8.91. The van der Waals surface area contributed by atoms with Gasteiger partial charge in [0.2, 0.25) is 5.91 Å². The summed E-state index contributed by atoms with van der Waals surface area (Å²) in [6.07, 6.45) is 8.74. The van der Waals surface area contributed by atoms with Gasteiger partial charge in [-0.25, -0.2) is 4.68 Å². The van der Waals surface area contributed by atoms with Crippen LogP contribution in [0.25, 0.3) is 0 Å². The van der Waals surface area contributed by atoms with E-state index in [2.05, 4.69) is 5.32 Å². The number of β-amino-alcohol motifs (C(OH)–C–C–N with tert-alkyl or cyclic N) is 1. The van der Waals surface area contributed by atoms with Crippen LogP contribution in [-0.2, 0) is 17.6 Å². The third-order valence-electron chi connectivity index (χ3n) is 6.77. The van der Waals surface area contributed by atoms with Crippen LogP contribution >= 0.6 is 0 Å². The predicted molar refractivity (Wildman–Crippen MR) is 106 cm³/mol. The first kappa shape index (κ1) is 19.6. The van der Waals surface area contributed by atoms with Crippen LogP contribution in [0, 0.1) is 0 Å². The van der Waals surface area contributed by atoms with Crippen molar-refractivity contribution < 1.29 is 9.90 Å². The Balaban J connectivity index is 1.31. The molecule has 2 fully saturated rings. The van der Waals surface area contributed by atoms with Gasteiger partial charge in [-0.3, -0.25) is 9.59 Å². The predicted octanol–water partition coefficient (Wildman–Crippen LogP) is 1.18. The molecule has 2 aliphatic carbocycles. The van der Waals surface area contributed by atoms with E-state index < -0.39 is 5.60 Å². The maximum Gasteiger partial charge on any atom is 0.267 e. The molecule has 1 unspecified atom stereocenters. The van der Waals surface area contributed by atoms with Crippen LogP contribution in [0.5, 0.6) is 0 Å². The van der Waals surface area contributed by atoms with E-state index >= 15 is 0 Å². The van der Waals surface area contributed by atoms with Crippen LogP contribution in [0.2, 0.25) is 0 Å². The number of hydrogen-bond acceptors (Lipinski definition) is 5. The van der Waals surface area contributed by atoms with Gasteiger partial charge in [0.05, 0.1) is 23.9 Å². The van der Waals surface area contributed by atoms with Crippen molar-refractivity contribution in [1.82, 2.24) is 20.0 Å². The smallest absolute Gasteiger partial charge is 0.267 e. The number of aryl methyl sites for hydroxylation is 2. The minimum absolute atomic E-state index is 0.0272. The molecule has 1 aromatic heterocycles. The Labute approximate surface area is 166 Å². The normalized spacial score (nSPS) is 30.3. The molecule has 0 radical (unpaired) electrons. The van der Waals surface area contributed by atoms with Gasteiger partial charge >= 0.3 is 0 Å². The molecular weight excluding hydrogens is 356 g/mol. The monoisotopic (exact) mass is 388 g/mol. The lowest BCUT2D eigenvalue weighted by atomic mass is 9.90. The molecule has 2 N–H and O–H groups in total. The molecule has 2 heterocycles. The number of aliphatic hydroxyl groups is 1. The van der Waals surface area contributed by atoms with Crippen molar-refractivity contribution in [1.29, 1.82) is 0 Å². The van der Waals surface area contributed by atoms with Crippen molar-refractivity contribution in [2.24, 2.45) is 0 Å². The highest BCUT2D eigenvalue weighted by Crippen LogP contribution is 2.29. The number of carbonyl (C=O) groups excluding carboxylic acids is 1. The van der Waals surface area contributed by atoms with Gasteiger partial charge in [-0.15, -0.1) is 0 Å². The summed E-state index contributed by atoms with van der Waals surface area (Å²) in [5.74, 6) is 0.0272. The first-order chi connectivity index (χ1) is 13.4. The summed E-state index contributed by atoms with van der Waals surface area (Å²) >= 11 is 0. The zero-order valence-electron chi connectivity index (χ0n) is 16.8. The average Bonchev–Trinajstić information content (AvgIpc) is 3.09. The number of aromatic nitrogens is 2. The highest BCUT2D eigenvalue weighted by molar-refractivity contribution is 5.73. The Morgan fingerprint density at radius 3 is 2.75 bits per heavy atom. The van der Waals surface area contributed by atoms with E-state index in [0.29, 0.717) is 32.1 Å². The van der Waals surface area contributed by atoms with Crippen molar-refractivity contribution >= 4 is 5.91 Å². The van der Waals surface area contributed by atoms with Gasteiger partial charge in [0.1, 0.15) is 0 Å². The Hall–Kier alpha value is -1.73. The van der Waals surface area contributed by atoms with Crippen molar-refractivity contribution in [3.8, 4) is 0 Å².